The second-order valence-electron chi connectivity index (χ2n) is 7.03. The summed E-state index contributed by atoms with van der Waals surface area (Å²) in [6.07, 6.45) is 3.46. The number of hydrogen-bond acceptors (Lipinski definition) is 5. The van der Waals surface area contributed by atoms with Gasteiger partial charge in [0.15, 0.2) is 6.29 Å². The number of methoxy groups -OCH3 is 1. The van der Waals surface area contributed by atoms with Crippen LogP contribution >= 0.6 is 0 Å². The highest BCUT2D eigenvalue weighted by Gasteiger charge is 2.39. The fourth-order valence-electron chi connectivity index (χ4n) is 2.90. The number of carbonyl (C=O) groups excluding carboxylic acids is 1. The first kappa shape index (κ1) is 17.5. The van der Waals surface area contributed by atoms with Crippen molar-refractivity contribution in [3.63, 3.8) is 0 Å². The van der Waals surface area contributed by atoms with Crippen molar-refractivity contribution in [1.29, 1.82) is 0 Å². The van der Waals surface area contributed by atoms with Crippen LogP contribution in [0.2, 0.25) is 0 Å². The van der Waals surface area contributed by atoms with Crippen LogP contribution in [-0.2, 0) is 18.9 Å². The van der Waals surface area contributed by atoms with Gasteiger partial charge in [-0.05, 0) is 46.5 Å². The van der Waals surface area contributed by atoms with Gasteiger partial charge in [-0.15, -0.1) is 0 Å². The number of nitrogens with zero attached hydrogens (tertiary/aromatic N) is 1. The molecule has 2 heterocycles. The largest absolute Gasteiger partial charge is 0.444 e. The van der Waals surface area contributed by atoms with Gasteiger partial charge in [0.25, 0.3) is 0 Å². The molecule has 1 amide bonds. The quantitative estimate of drug-likeness (QED) is 0.798. The summed E-state index contributed by atoms with van der Waals surface area (Å²) >= 11 is 0. The highest BCUT2D eigenvalue weighted by Crippen LogP contribution is 2.26. The Labute approximate surface area is 133 Å². The first-order valence-electron chi connectivity index (χ1n) is 8.14. The molecule has 6 nitrogen and oxygen atoms in total. The summed E-state index contributed by atoms with van der Waals surface area (Å²) in [7, 11) is 1.64. The third-order valence-electron chi connectivity index (χ3n) is 3.85. The van der Waals surface area contributed by atoms with Crippen LogP contribution in [0.1, 0.15) is 46.5 Å². The number of likely N-dealkylation sites (tertiary alicyclic amines) is 1. The second kappa shape index (κ2) is 7.62. The summed E-state index contributed by atoms with van der Waals surface area (Å²) in [6, 6.07) is -0.00607. The Morgan fingerprint density at radius 2 is 2.09 bits per heavy atom. The fraction of sp³-hybridized carbons (Fsp3) is 0.938. The van der Waals surface area contributed by atoms with Gasteiger partial charge >= 0.3 is 6.09 Å². The molecule has 0 radical (unpaired) electrons. The van der Waals surface area contributed by atoms with E-state index in [4.69, 9.17) is 18.9 Å². The first-order valence-corrected chi connectivity index (χ1v) is 8.14. The molecule has 22 heavy (non-hydrogen) atoms. The molecule has 0 aromatic rings. The van der Waals surface area contributed by atoms with Gasteiger partial charge in [-0.1, -0.05) is 0 Å². The molecule has 6 heteroatoms. The smallest absolute Gasteiger partial charge is 0.410 e. The second-order valence-corrected chi connectivity index (χ2v) is 7.03. The lowest BCUT2D eigenvalue weighted by atomic mass is 10.2. The zero-order valence-corrected chi connectivity index (χ0v) is 14.2. The minimum atomic E-state index is -0.500. The third-order valence-corrected chi connectivity index (χ3v) is 3.85. The molecule has 2 rings (SSSR count). The number of amides is 1. The number of ether oxygens (including phenoxy) is 4. The summed E-state index contributed by atoms with van der Waals surface area (Å²) in [4.78, 5) is 14.1. The number of rotatable bonds is 4. The van der Waals surface area contributed by atoms with Crippen molar-refractivity contribution < 1.29 is 23.7 Å². The molecule has 2 aliphatic heterocycles. The van der Waals surface area contributed by atoms with Crippen molar-refractivity contribution in [2.24, 2.45) is 0 Å². The van der Waals surface area contributed by atoms with E-state index in [1.165, 1.54) is 0 Å². The zero-order valence-electron chi connectivity index (χ0n) is 14.2. The first-order chi connectivity index (χ1) is 10.4. The van der Waals surface area contributed by atoms with Crippen LogP contribution in [0, 0.1) is 0 Å². The Bertz CT molecular complexity index is 362. The fourth-order valence-corrected chi connectivity index (χ4v) is 2.90. The zero-order chi connectivity index (χ0) is 16.2. The summed E-state index contributed by atoms with van der Waals surface area (Å²) in [6.45, 7) is 7.39. The molecule has 0 aromatic heterocycles. The van der Waals surface area contributed by atoms with Crippen LogP contribution in [0.3, 0.4) is 0 Å². The molecule has 0 aromatic carbocycles. The summed E-state index contributed by atoms with van der Waals surface area (Å²) in [5.41, 5.74) is -0.500. The van der Waals surface area contributed by atoms with Crippen molar-refractivity contribution in [2.75, 3.05) is 26.9 Å². The lowest BCUT2D eigenvalue weighted by Gasteiger charge is -2.28. The van der Waals surface area contributed by atoms with Crippen molar-refractivity contribution in [2.45, 2.75) is 70.5 Å². The van der Waals surface area contributed by atoms with Crippen molar-refractivity contribution in [1.82, 2.24) is 4.90 Å². The molecule has 0 aliphatic carbocycles. The van der Waals surface area contributed by atoms with E-state index < -0.39 is 5.60 Å². The van der Waals surface area contributed by atoms with E-state index in [0.29, 0.717) is 13.2 Å². The van der Waals surface area contributed by atoms with Crippen LogP contribution < -0.4 is 0 Å². The maximum Gasteiger partial charge on any atom is 0.410 e. The highest BCUT2D eigenvalue weighted by atomic mass is 16.7. The Balaban J connectivity index is 1.91. The Morgan fingerprint density at radius 3 is 2.68 bits per heavy atom. The minimum Gasteiger partial charge on any atom is -0.444 e. The molecule has 3 atom stereocenters. The predicted molar refractivity (Wildman–Crippen MR) is 81.7 cm³/mol. The van der Waals surface area contributed by atoms with E-state index in [1.54, 1.807) is 12.0 Å². The van der Waals surface area contributed by atoms with E-state index in [1.807, 2.05) is 20.8 Å². The molecule has 0 N–H and O–H groups in total. The van der Waals surface area contributed by atoms with E-state index >= 15 is 0 Å². The Morgan fingerprint density at radius 1 is 1.32 bits per heavy atom. The number of carbonyl (C=O) groups is 1. The average molecular weight is 315 g/mol. The predicted octanol–water partition coefficient (Wildman–Crippen LogP) is 2.55. The van der Waals surface area contributed by atoms with Crippen molar-refractivity contribution >= 4 is 6.09 Å². The summed E-state index contributed by atoms with van der Waals surface area (Å²) in [5.74, 6) is 0. The monoisotopic (exact) mass is 315 g/mol. The normalized spacial score (nSPS) is 29.6. The van der Waals surface area contributed by atoms with Crippen LogP contribution in [0.5, 0.6) is 0 Å². The standard InChI is InChI=1S/C16H29NO5/c1-16(2,3)22-15(18)17-10-13(9-12(17)11-19-4)21-14-7-5-6-8-20-14/h12-14H,5-11H2,1-4H3. The molecule has 0 spiro atoms. The van der Waals surface area contributed by atoms with Crippen molar-refractivity contribution in [3.8, 4) is 0 Å². The molecular formula is C16H29NO5. The highest BCUT2D eigenvalue weighted by molar-refractivity contribution is 5.69. The summed E-state index contributed by atoms with van der Waals surface area (Å²) < 4.78 is 22.4. The molecule has 2 saturated heterocycles. The van der Waals surface area contributed by atoms with E-state index in [-0.39, 0.29) is 24.5 Å². The molecule has 3 unspecified atom stereocenters. The van der Waals surface area contributed by atoms with Gasteiger partial charge in [-0.2, -0.15) is 0 Å². The third kappa shape index (κ3) is 5.11. The van der Waals surface area contributed by atoms with Gasteiger partial charge in [-0.3, -0.25) is 0 Å². The lowest BCUT2D eigenvalue weighted by Crippen LogP contribution is -2.42. The summed E-state index contributed by atoms with van der Waals surface area (Å²) in [5, 5.41) is 0. The minimum absolute atomic E-state index is 0.00607. The van der Waals surface area contributed by atoms with E-state index in [2.05, 4.69) is 0 Å². The Hall–Kier alpha value is -0.850. The van der Waals surface area contributed by atoms with Gasteiger partial charge in [0.05, 0.1) is 25.3 Å². The topological polar surface area (TPSA) is 57.2 Å². The molecule has 128 valence electrons. The van der Waals surface area contributed by atoms with Gasteiger partial charge in [-0.25, -0.2) is 4.79 Å². The molecule has 2 aliphatic rings. The van der Waals surface area contributed by atoms with Crippen LogP contribution in [0.15, 0.2) is 0 Å². The maximum absolute atomic E-state index is 12.3. The van der Waals surface area contributed by atoms with Crippen molar-refractivity contribution in [3.05, 3.63) is 0 Å². The van der Waals surface area contributed by atoms with E-state index in [9.17, 15) is 4.79 Å². The van der Waals surface area contributed by atoms with E-state index in [0.717, 1.165) is 32.3 Å². The van der Waals surface area contributed by atoms with Gasteiger partial charge in [0.1, 0.15) is 5.60 Å². The van der Waals surface area contributed by atoms with Gasteiger partial charge in [0.2, 0.25) is 0 Å². The molecule has 2 fully saturated rings. The molecular weight excluding hydrogens is 286 g/mol. The maximum atomic E-state index is 12.3. The Kier molecular flexibility index (Phi) is 6.06. The number of hydrogen-bond donors (Lipinski definition) is 0. The van der Waals surface area contributed by atoms with Crippen LogP contribution in [-0.4, -0.2) is 61.9 Å². The SMILES string of the molecule is COCC1CC(OC2CCCCO2)CN1C(=O)OC(C)(C)C. The van der Waals surface area contributed by atoms with Gasteiger partial charge < -0.3 is 23.8 Å². The van der Waals surface area contributed by atoms with Gasteiger partial charge in [0, 0.05) is 13.7 Å². The lowest BCUT2D eigenvalue weighted by molar-refractivity contribution is -0.185. The molecule has 0 bridgehead atoms. The van der Waals surface area contributed by atoms with Crippen LogP contribution in [0.4, 0.5) is 4.79 Å². The average Bonchev–Trinajstić information content (AvgIpc) is 2.81. The van der Waals surface area contributed by atoms with Crippen LogP contribution in [0.25, 0.3) is 0 Å². The molecule has 0 saturated carbocycles.